The first-order chi connectivity index (χ1) is 8.63. The molecular formula is C12H14N6. The van der Waals surface area contributed by atoms with E-state index in [0.29, 0.717) is 5.95 Å². The average Bonchev–Trinajstić information content (AvgIpc) is 2.28. The van der Waals surface area contributed by atoms with Crippen LogP contribution < -0.4 is 11.1 Å². The van der Waals surface area contributed by atoms with Gasteiger partial charge in [-0.05, 0) is 32.0 Å². The van der Waals surface area contributed by atoms with Crippen molar-refractivity contribution in [3.63, 3.8) is 0 Å². The summed E-state index contributed by atoms with van der Waals surface area (Å²) in [7, 11) is 0. The van der Waals surface area contributed by atoms with Gasteiger partial charge in [0.1, 0.15) is 0 Å². The average molecular weight is 242 g/mol. The Hall–Kier alpha value is -2.50. The molecule has 0 atom stereocenters. The fraction of sp³-hybridized carbons (Fsp3) is 0.167. The van der Waals surface area contributed by atoms with Gasteiger partial charge in [0.25, 0.3) is 5.95 Å². The molecule has 0 aliphatic rings. The molecular weight excluding hydrogens is 228 g/mol. The van der Waals surface area contributed by atoms with Crippen LogP contribution in [0.1, 0.15) is 11.4 Å². The number of rotatable bonds is 2. The Balaban J connectivity index is 2.17. The quantitative estimate of drug-likeness (QED) is 0.616. The number of nitrogens with zero attached hydrogens (tertiary/aromatic N) is 4. The summed E-state index contributed by atoms with van der Waals surface area (Å²) in [6.07, 6.45) is 3.34. The van der Waals surface area contributed by atoms with Gasteiger partial charge in [-0.25, -0.2) is 9.97 Å². The van der Waals surface area contributed by atoms with Crippen molar-refractivity contribution in [1.29, 1.82) is 0 Å². The van der Waals surface area contributed by atoms with Crippen LogP contribution in [0, 0.1) is 13.8 Å². The zero-order valence-corrected chi connectivity index (χ0v) is 10.3. The summed E-state index contributed by atoms with van der Waals surface area (Å²) in [4.78, 5) is 16.4. The molecule has 0 spiro atoms. The Morgan fingerprint density at radius 3 is 2.39 bits per heavy atom. The monoisotopic (exact) mass is 242 g/mol. The topological polar surface area (TPSA) is 89.1 Å². The minimum atomic E-state index is 0.242. The summed E-state index contributed by atoms with van der Waals surface area (Å²) in [6, 6.07) is 5.47. The maximum Gasteiger partial charge on any atom is 0.253 e. The Kier molecular flexibility index (Phi) is 3.47. The van der Waals surface area contributed by atoms with Gasteiger partial charge in [0.15, 0.2) is 0 Å². The molecule has 0 amide bonds. The lowest BCUT2D eigenvalue weighted by atomic mass is 10.4. The van der Waals surface area contributed by atoms with Gasteiger partial charge in [0.2, 0.25) is 5.96 Å². The van der Waals surface area contributed by atoms with E-state index in [0.717, 1.165) is 17.1 Å². The van der Waals surface area contributed by atoms with Crippen molar-refractivity contribution in [2.24, 2.45) is 10.7 Å². The first kappa shape index (κ1) is 12.0. The van der Waals surface area contributed by atoms with Gasteiger partial charge in [-0.1, -0.05) is 0 Å². The van der Waals surface area contributed by atoms with Gasteiger partial charge in [-0.2, -0.15) is 4.99 Å². The van der Waals surface area contributed by atoms with Gasteiger partial charge < -0.3 is 11.1 Å². The van der Waals surface area contributed by atoms with E-state index in [1.165, 1.54) is 0 Å². The molecule has 2 heterocycles. The molecule has 0 radical (unpaired) electrons. The highest BCUT2D eigenvalue weighted by Gasteiger charge is 1.99. The molecule has 0 bridgehead atoms. The zero-order chi connectivity index (χ0) is 13.0. The van der Waals surface area contributed by atoms with Crippen molar-refractivity contribution in [1.82, 2.24) is 15.0 Å². The molecule has 0 aromatic carbocycles. The summed E-state index contributed by atoms with van der Waals surface area (Å²) in [5.41, 5.74) is 8.31. The van der Waals surface area contributed by atoms with E-state index in [-0.39, 0.29) is 5.96 Å². The fourth-order valence-electron chi connectivity index (χ4n) is 1.48. The summed E-state index contributed by atoms with van der Waals surface area (Å²) >= 11 is 0. The molecule has 0 saturated heterocycles. The third-order valence-corrected chi connectivity index (χ3v) is 2.14. The lowest BCUT2D eigenvalue weighted by Gasteiger charge is -2.04. The molecule has 2 rings (SSSR count). The Morgan fingerprint density at radius 2 is 1.78 bits per heavy atom. The van der Waals surface area contributed by atoms with Gasteiger partial charge >= 0.3 is 0 Å². The van der Waals surface area contributed by atoms with Crippen LogP contribution in [-0.4, -0.2) is 20.9 Å². The molecule has 92 valence electrons. The lowest BCUT2D eigenvalue weighted by molar-refractivity contribution is 1.04. The lowest BCUT2D eigenvalue weighted by Crippen LogP contribution is -2.22. The minimum absolute atomic E-state index is 0.242. The number of anilines is 1. The normalized spacial score (nSPS) is 11.3. The minimum Gasteiger partial charge on any atom is -0.369 e. The second-order valence-electron chi connectivity index (χ2n) is 3.81. The smallest absolute Gasteiger partial charge is 0.253 e. The van der Waals surface area contributed by atoms with Crippen molar-refractivity contribution in [3.8, 4) is 0 Å². The van der Waals surface area contributed by atoms with E-state index in [9.17, 15) is 0 Å². The number of pyridine rings is 1. The Bertz CT molecular complexity index is 544. The number of guanidine groups is 1. The number of hydrogen-bond acceptors (Lipinski definition) is 4. The Morgan fingerprint density at radius 1 is 1.17 bits per heavy atom. The number of nitrogens with two attached hydrogens (primary N) is 1. The van der Waals surface area contributed by atoms with Crippen molar-refractivity contribution in [2.75, 3.05) is 5.32 Å². The summed E-state index contributed by atoms with van der Waals surface area (Å²) in [5.74, 6) is 0.595. The maximum absolute atomic E-state index is 5.78. The molecule has 0 aliphatic carbocycles. The van der Waals surface area contributed by atoms with Crippen molar-refractivity contribution in [3.05, 3.63) is 42.0 Å². The maximum atomic E-state index is 5.78. The number of aryl methyl sites for hydroxylation is 2. The summed E-state index contributed by atoms with van der Waals surface area (Å²) in [5, 5.41) is 2.94. The summed E-state index contributed by atoms with van der Waals surface area (Å²) in [6.45, 7) is 3.78. The molecule has 6 heteroatoms. The second-order valence-corrected chi connectivity index (χ2v) is 3.81. The van der Waals surface area contributed by atoms with Crippen LogP contribution in [0.2, 0.25) is 0 Å². The third kappa shape index (κ3) is 3.24. The van der Waals surface area contributed by atoms with E-state index in [2.05, 4.69) is 25.3 Å². The van der Waals surface area contributed by atoms with Crippen LogP contribution in [0.4, 0.5) is 11.6 Å². The van der Waals surface area contributed by atoms with E-state index >= 15 is 0 Å². The summed E-state index contributed by atoms with van der Waals surface area (Å²) < 4.78 is 0. The highest BCUT2D eigenvalue weighted by Crippen LogP contribution is 2.08. The number of nitrogens with one attached hydrogen (secondary N) is 1. The third-order valence-electron chi connectivity index (χ3n) is 2.14. The SMILES string of the molecule is Cc1cc(C)nc(/N=C(\N)Nc2ccncc2)n1. The van der Waals surface area contributed by atoms with Crippen LogP contribution in [-0.2, 0) is 0 Å². The van der Waals surface area contributed by atoms with E-state index in [1.54, 1.807) is 24.5 Å². The van der Waals surface area contributed by atoms with Gasteiger partial charge in [-0.3, -0.25) is 4.98 Å². The highest BCUT2D eigenvalue weighted by atomic mass is 15.2. The molecule has 2 aromatic rings. The predicted octanol–water partition coefficient (Wildman–Crippen LogP) is 1.55. The van der Waals surface area contributed by atoms with E-state index in [1.807, 2.05) is 19.9 Å². The van der Waals surface area contributed by atoms with Gasteiger partial charge in [0, 0.05) is 29.5 Å². The number of aromatic nitrogens is 3. The molecule has 2 aromatic heterocycles. The van der Waals surface area contributed by atoms with Crippen LogP contribution in [0.5, 0.6) is 0 Å². The predicted molar refractivity (Wildman–Crippen MR) is 70.6 cm³/mol. The number of hydrogen-bond donors (Lipinski definition) is 2. The highest BCUT2D eigenvalue weighted by molar-refractivity contribution is 5.93. The first-order valence-corrected chi connectivity index (χ1v) is 5.47. The standard InChI is InChI=1S/C12H14N6/c1-8-7-9(2)16-12(15-8)18-11(13)17-10-3-5-14-6-4-10/h3-7H,1-2H3,(H3,13,14,15,16,17,18). The number of aliphatic imine (C=N–C) groups is 1. The van der Waals surface area contributed by atoms with Crippen LogP contribution in [0.15, 0.2) is 35.6 Å². The molecule has 0 aliphatic heterocycles. The van der Waals surface area contributed by atoms with Crippen LogP contribution in [0.25, 0.3) is 0 Å². The largest absolute Gasteiger partial charge is 0.369 e. The van der Waals surface area contributed by atoms with Crippen molar-refractivity contribution < 1.29 is 0 Å². The van der Waals surface area contributed by atoms with Gasteiger partial charge in [0.05, 0.1) is 0 Å². The van der Waals surface area contributed by atoms with E-state index in [4.69, 9.17) is 5.73 Å². The van der Waals surface area contributed by atoms with Crippen molar-refractivity contribution >= 4 is 17.6 Å². The molecule has 18 heavy (non-hydrogen) atoms. The van der Waals surface area contributed by atoms with E-state index < -0.39 is 0 Å². The van der Waals surface area contributed by atoms with Crippen LogP contribution >= 0.6 is 0 Å². The molecule has 0 saturated carbocycles. The molecule has 3 N–H and O–H groups in total. The van der Waals surface area contributed by atoms with Gasteiger partial charge in [-0.15, -0.1) is 0 Å². The Labute approximate surface area is 105 Å². The molecule has 6 nitrogen and oxygen atoms in total. The molecule has 0 fully saturated rings. The van der Waals surface area contributed by atoms with Crippen LogP contribution in [0.3, 0.4) is 0 Å². The second kappa shape index (κ2) is 5.22. The molecule has 0 unspecified atom stereocenters. The zero-order valence-electron chi connectivity index (χ0n) is 10.3. The van der Waals surface area contributed by atoms with Crippen molar-refractivity contribution in [2.45, 2.75) is 13.8 Å². The fourth-order valence-corrected chi connectivity index (χ4v) is 1.48. The first-order valence-electron chi connectivity index (χ1n) is 5.47.